The molecular weight excluding hydrogens is 439 g/mol. The van der Waals surface area contributed by atoms with Gasteiger partial charge in [0.05, 0.1) is 12.4 Å². The molecule has 0 bridgehead atoms. The lowest BCUT2D eigenvalue weighted by Gasteiger charge is -2.20. The summed E-state index contributed by atoms with van der Waals surface area (Å²) in [6, 6.07) is 4.19. The van der Waals surface area contributed by atoms with Crippen molar-refractivity contribution in [2.45, 2.75) is 57.5 Å². The SMILES string of the molecule is O=c1[nH]c(=O)n(CCCCCS(=O)(=O)NC(c2ccc(F)c(OCC3CC3)c2)C2CC2)[nH]1. The maximum atomic E-state index is 14.1. The summed E-state index contributed by atoms with van der Waals surface area (Å²) in [7, 11) is -3.54. The van der Waals surface area contributed by atoms with Crippen LogP contribution in [0.4, 0.5) is 4.39 Å². The van der Waals surface area contributed by atoms with Gasteiger partial charge < -0.3 is 4.74 Å². The normalized spacial score (nSPS) is 17.4. The van der Waals surface area contributed by atoms with E-state index in [1.807, 2.05) is 0 Å². The molecular formula is C21H29FN4O5S. The number of nitrogens with one attached hydrogen (secondary N) is 3. The van der Waals surface area contributed by atoms with E-state index in [-0.39, 0.29) is 17.4 Å². The number of H-pyrrole nitrogens is 2. The average molecular weight is 469 g/mol. The van der Waals surface area contributed by atoms with Crippen LogP contribution in [0.25, 0.3) is 0 Å². The van der Waals surface area contributed by atoms with Crippen LogP contribution in [0.3, 0.4) is 0 Å². The summed E-state index contributed by atoms with van der Waals surface area (Å²) in [6.45, 7) is 0.803. The maximum absolute atomic E-state index is 14.1. The van der Waals surface area contributed by atoms with E-state index in [4.69, 9.17) is 4.74 Å². The van der Waals surface area contributed by atoms with Crippen LogP contribution in [0, 0.1) is 17.7 Å². The molecule has 4 rings (SSSR count). The monoisotopic (exact) mass is 468 g/mol. The third kappa shape index (κ3) is 6.32. The standard InChI is InChI=1S/C21H29FN4O5S/c22-17-9-8-16(12-18(17)31-13-14-4-5-14)19(15-6-7-15)25-32(29,30)11-3-1-2-10-26-21(28)23-20(27)24-26/h8-9,12,14-15,19,25H,1-7,10-11,13H2,(H2,23,24,27,28). The highest BCUT2D eigenvalue weighted by atomic mass is 32.2. The number of nitrogens with zero attached hydrogens (tertiary/aromatic N) is 1. The number of halogens is 1. The van der Waals surface area contributed by atoms with E-state index in [9.17, 15) is 22.4 Å². The molecule has 32 heavy (non-hydrogen) atoms. The van der Waals surface area contributed by atoms with Crippen molar-refractivity contribution < 1.29 is 17.5 Å². The third-order valence-corrected chi connectivity index (χ3v) is 7.32. The molecule has 1 aromatic carbocycles. The van der Waals surface area contributed by atoms with Crippen LogP contribution >= 0.6 is 0 Å². The first-order valence-electron chi connectivity index (χ1n) is 11.1. The van der Waals surface area contributed by atoms with E-state index < -0.39 is 33.3 Å². The first kappa shape index (κ1) is 22.8. The molecule has 0 saturated heterocycles. The minimum absolute atomic E-state index is 0.0407. The number of hydrogen-bond acceptors (Lipinski definition) is 5. The number of aromatic amines is 2. The number of benzene rings is 1. The lowest BCUT2D eigenvalue weighted by molar-refractivity contribution is 0.284. The van der Waals surface area contributed by atoms with Crippen molar-refractivity contribution >= 4 is 10.0 Å². The Morgan fingerprint density at radius 3 is 2.59 bits per heavy atom. The second-order valence-corrected chi connectivity index (χ2v) is 10.7. The third-order valence-electron chi connectivity index (χ3n) is 5.88. The molecule has 1 unspecified atom stereocenters. The van der Waals surface area contributed by atoms with Gasteiger partial charge in [0.2, 0.25) is 10.0 Å². The lowest BCUT2D eigenvalue weighted by atomic mass is 10.0. The van der Waals surface area contributed by atoms with E-state index >= 15 is 0 Å². The van der Waals surface area contributed by atoms with Gasteiger partial charge in [0, 0.05) is 12.6 Å². The molecule has 0 radical (unpaired) electrons. The first-order valence-corrected chi connectivity index (χ1v) is 12.8. The lowest BCUT2D eigenvalue weighted by Crippen LogP contribution is -2.32. The van der Waals surface area contributed by atoms with Crippen LogP contribution in [0.15, 0.2) is 27.8 Å². The number of rotatable bonds is 13. The van der Waals surface area contributed by atoms with Gasteiger partial charge in [-0.3, -0.25) is 4.98 Å². The Morgan fingerprint density at radius 2 is 1.94 bits per heavy atom. The zero-order valence-electron chi connectivity index (χ0n) is 17.8. The van der Waals surface area contributed by atoms with Gasteiger partial charge in [-0.2, -0.15) is 0 Å². The molecule has 2 saturated carbocycles. The van der Waals surface area contributed by atoms with Gasteiger partial charge in [-0.05, 0) is 68.1 Å². The fraction of sp³-hybridized carbons (Fsp3) is 0.619. The molecule has 2 aromatic rings. The number of ether oxygens (including phenoxy) is 1. The van der Waals surface area contributed by atoms with Gasteiger partial charge in [0.1, 0.15) is 0 Å². The zero-order chi connectivity index (χ0) is 22.7. The number of aryl methyl sites for hydroxylation is 1. The molecule has 0 amide bonds. The summed E-state index contributed by atoms with van der Waals surface area (Å²) in [6.07, 6.45) is 5.63. The minimum atomic E-state index is -3.54. The van der Waals surface area contributed by atoms with Gasteiger partial charge >= 0.3 is 11.4 Å². The largest absolute Gasteiger partial charge is 0.490 e. The van der Waals surface area contributed by atoms with Crippen molar-refractivity contribution in [3.63, 3.8) is 0 Å². The van der Waals surface area contributed by atoms with Crippen LogP contribution < -0.4 is 20.8 Å². The van der Waals surface area contributed by atoms with Gasteiger partial charge in [0.25, 0.3) is 0 Å². The van der Waals surface area contributed by atoms with Gasteiger partial charge in [-0.25, -0.2) is 36.9 Å². The topological polar surface area (TPSA) is 126 Å². The molecule has 2 fully saturated rings. The highest BCUT2D eigenvalue weighted by Gasteiger charge is 2.35. The fourth-order valence-corrected chi connectivity index (χ4v) is 5.11. The first-order chi connectivity index (χ1) is 15.3. The molecule has 1 heterocycles. The van der Waals surface area contributed by atoms with Crippen molar-refractivity contribution in [3.8, 4) is 5.75 Å². The van der Waals surface area contributed by atoms with Gasteiger partial charge in [-0.15, -0.1) is 0 Å². The van der Waals surface area contributed by atoms with E-state index in [1.54, 1.807) is 12.1 Å². The molecule has 2 aliphatic rings. The summed E-state index contributed by atoms with van der Waals surface area (Å²) in [5, 5.41) is 2.37. The average Bonchev–Trinajstić information content (AvgIpc) is 3.65. The molecule has 0 aliphatic heterocycles. The second-order valence-electron chi connectivity index (χ2n) is 8.78. The molecule has 3 N–H and O–H groups in total. The Morgan fingerprint density at radius 1 is 1.16 bits per heavy atom. The summed E-state index contributed by atoms with van der Waals surface area (Å²) >= 11 is 0. The Hall–Kier alpha value is -2.40. The summed E-state index contributed by atoms with van der Waals surface area (Å²) < 4.78 is 49.1. The summed E-state index contributed by atoms with van der Waals surface area (Å²) in [5.41, 5.74) is -0.342. The molecule has 1 atom stereocenters. The number of hydrogen-bond donors (Lipinski definition) is 3. The zero-order valence-corrected chi connectivity index (χ0v) is 18.6. The second kappa shape index (κ2) is 9.62. The molecule has 2 aliphatic carbocycles. The van der Waals surface area contributed by atoms with Crippen molar-refractivity contribution in [3.05, 3.63) is 50.5 Å². The minimum Gasteiger partial charge on any atom is -0.490 e. The van der Waals surface area contributed by atoms with E-state index in [1.165, 1.54) is 10.7 Å². The quantitative estimate of drug-likeness (QED) is 0.388. The van der Waals surface area contributed by atoms with Crippen LogP contribution in [-0.2, 0) is 16.6 Å². The Balaban J connectivity index is 1.31. The molecule has 9 nitrogen and oxygen atoms in total. The van der Waals surface area contributed by atoms with Crippen LogP contribution in [0.5, 0.6) is 5.75 Å². The Bertz CT molecular complexity index is 1150. The highest BCUT2D eigenvalue weighted by molar-refractivity contribution is 7.89. The Kier molecular flexibility index (Phi) is 6.85. The van der Waals surface area contributed by atoms with Crippen molar-refractivity contribution in [1.82, 2.24) is 19.5 Å². The number of aromatic nitrogens is 3. The smallest absolute Gasteiger partial charge is 0.344 e. The molecule has 0 spiro atoms. The predicted octanol–water partition coefficient (Wildman–Crippen LogP) is 2.03. The number of unbranched alkanes of at least 4 members (excludes halogenated alkanes) is 2. The van der Waals surface area contributed by atoms with Gasteiger partial charge in [0.15, 0.2) is 11.6 Å². The number of sulfonamides is 1. The highest BCUT2D eigenvalue weighted by Crippen LogP contribution is 2.42. The van der Waals surface area contributed by atoms with Crippen molar-refractivity contribution in [2.75, 3.05) is 12.4 Å². The van der Waals surface area contributed by atoms with E-state index in [0.717, 1.165) is 31.2 Å². The molecule has 1 aromatic heterocycles. The fourth-order valence-electron chi connectivity index (χ4n) is 3.70. The van der Waals surface area contributed by atoms with Crippen LogP contribution in [-0.4, -0.2) is 35.5 Å². The maximum Gasteiger partial charge on any atom is 0.344 e. The molecule has 176 valence electrons. The summed E-state index contributed by atoms with van der Waals surface area (Å²) in [5.74, 6) is 0.392. The van der Waals surface area contributed by atoms with Crippen molar-refractivity contribution in [1.29, 1.82) is 0 Å². The van der Waals surface area contributed by atoms with E-state index in [0.29, 0.717) is 38.3 Å². The predicted molar refractivity (Wildman–Crippen MR) is 117 cm³/mol. The van der Waals surface area contributed by atoms with Crippen molar-refractivity contribution in [2.24, 2.45) is 11.8 Å². The molecule has 11 heteroatoms. The van der Waals surface area contributed by atoms with Crippen LogP contribution in [0.1, 0.15) is 56.6 Å². The van der Waals surface area contributed by atoms with Gasteiger partial charge in [-0.1, -0.05) is 12.5 Å². The van der Waals surface area contributed by atoms with Crippen LogP contribution in [0.2, 0.25) is 0 Å². The van der Waals surface area contributed by atoms with E-state index in [2.05, 4.69) is 14.8 Å². The summed E-state index contributed by atoms with van der Waals surface area (Å²) in [4.78, 5) is 24.6. The Labute approximate surface area is 185 Å².